The molecule has 0 amide bonds. The van der Waals surface area contributed by atoms with Gasteiger partial charge in [-0.05, 0) is 58.7 Å². The first kappa shape index (κ1) is 21.0. The van der Waals surface area contributed by atoms with E-state index in [4.69, 9.17) is 5.11 Å². The molecule has 164 valence electrons. The highest BCUT2D eigenvalue weighted by Gasteiger charge is 2.14. The van der Waals surface area contributed by atoms with Gasteiger partial charge in [0, 0.05) is 23.9 Å². The van der Waals surface area contributed by atoms with Gasteiger partial charge in [0.2, 0.25) is 0 Å². The van der Waals surface area contributed by atoms with Crippen LogP contribution in [0.1, 0.15) is 5.69 Å². The molecule has 0 aliphatic carbocycles. The highest BCUT2D eigenvalue weighted by molar-refractivity contribution is 7.99. The van der Waals surface area contributed by atoms with E-state index in [2.05, 4.69) is 68.8 Å². The summed E-state index contributed by atoms with van der Waals surface area (Å²) in [6.07, 6.45) is 1.87. The molecular weight excluding hydrogens is 434 g/mol. The molecule has 0 radical (unpaired) electrons. The van der Waals surface area contributed by atoms with Gasteiger partial charge in [-0.15, -0.1) is 10.2 Å². The Morgan fingerprint density at radius 2 is 1.73 bits per heavy atom. The maximum atomic E-state index is 10.9. The Morgan fingerprint density at radius 3 is 2.48 bits per heavy atom. The zero-order chi connectivity index (χ0) is 22.9. The molecular formula is C25H21N5O2S. The molecule has 0 saturated heterocycles. The lowest BCUT2D eigenvalue weighted by molar-refractivity contribution is -0.133. The van der Waals surface area contributed by atoms with Gasteiger partial charge in [-0.25, -0.2) is 0 Å². The maximum absolute atomic E-state index is 10.9. The minimum atomic E-state index is -0.898. The molecule has 0 aliphatic heterocycles. The fourth-order valence-electron chi connectivity index (χ4n) is 3.81. The molecule has 0 bridgehead atoms. The zero-order valence-electron chi connectivity index (χ0n) is 18.1. The number of hydrogen-bond acceptors (Lipinski definition) is 5. The van der Waals surface area contributed by atoms with Crippen LogP contribution >= 0.6 is 11.8 Å². The summed E-state index contributed by atoms with van der Waals surface area (Å²) in [5, 5.41) is 24.6. The third-order valence-corrected chi connectivity index (χ3v) is 6.48. The first-order chi connectivity index (χ1) is 16.0. The van der Waals surface area contributed by atoms with E-state index in [0.29, 0.717) is 11.0 Å². The first-order valence-electron chi connectivity index (χ1n) is 10.4. The number of benzene rings is 3. The van der Waals surface area contributed by atoms with E-state index < -0.39 is 5.97 Å². The summed E-state index contributed by atoms with van der Waals surface area (Å²) in [6.45, 7) is 2.04. The number of fused-ring (bicyclic) bond motifs is 1. The van der Waals surface area contributed by atoms with Gasteiger partial charge in [0.15, 0.2) is 11.0 Å². The van der Waals surface area contributed by atoms with Gasteiger partial charge < -0.3 is 10.1 Å². The number of carboxylic acids is 1. The predicted octanol–water partition coefficient (Wildman–Crippen LogP) is 5.18. The Balaban J connectivity index is 1.63. The molecule has 7 nitrogen and oxygen atoms in total. The van der Waals surface area contributed by atoms with Crippen LogP contribution < -0.4 is 0 Å². The summed E-state index contributed by atoms with van der Waals surface area (Å²) < 4.78 is 1.85. The summed E-state index contributed by atoms with van der Waals surface area (Å²) in [6, 6.07) is 21.0. The van der Waals surface area contributed by atoms with E-state index in [1.807, 2.05) is 37.0 Å². The van der Waals surface area contributed by atoms with Crippen molar-refractivity contribution in [2.75, 3.05) is 5.75 Å². The lowest BCUT2D eigenvalue weighted by Crippen LogP contribution is -1.97. The van der Waals surface area contributed by atoms with Crippen molar-refractivity contribution >= 4 is 28.5 Å². The van der Waals surface area contributed by atoms with Crippen LogP contribution in [0.4, 0.5) is 0 Å². The standard InChI is InChI=1S/C25H21N5O2S/c1-15-22(13-26-30(15)2)20-10-19(18-8-7-16-5-3-4-6-17(16)9-18)11-21(12-20)24-27-25(29-28-24)33-14-23(31)32/h3-13H,14H2,1-2H3,(H,31,32)(H,27,28,29). The summed E-state index contributed by atoms with van der Waals surface area (Å²) in [7, 11) is 1.93. The van der Waals surface area contributed by atoms with Gasteiger partial charge in [0.05, 0.1) is 11.9 Å². The largest absolute Gasteiger partial charge is 0.481 e. The van der Waals surface area contributed by atoms with Crippen molar-refractivity contribution in [3.8, 4) is 33.6 Å². The van der Waals surface area contributed by atoms with Gasteiger partial charge in [-0.3, -0.25) is 9.48 Å². The van der Waals surface area contributed by atoms with Crippen molar-refractivity contribution in [1.29, 1.82) is 0 Å². The van der Waals surface area contributed by atoms with E-state index in [1.165, 1.54) is 10.8 Å². The highest BCUT2D eigenvalue weighted by Crippen LogP contribution is 2.34. The number of aromatic nitrogens is 5. The quantitative estimate of drug-likeness (QED) is 0.343. The van der Waals surface area contributed by atoms with Crippen molar-refractivity contribution < 1.29 is 9.90 Å². The van der Waals surface area contributed by atoms with Crippen molar-refractivity contribution in [2.24, 2.45) is 7.05 Å². The number of carbonyl (C=O) groups is 1. The summed E-state index contributed by atoms with van der Waals surface area (Å²) in [4.78, 5) is 14.0. The van der Waals surface area contributed by atoms with Crippen molar-refractivity contribution in [3.63, 3.8) is 0 Å². The molecule has 0 unspecified atom stereocenters. The lowest BCUT2D eigenvalue weighted by Gasteiger charge is -2.10. The smallest absolute Gasteiger partial charge is 0.313 e. The van der Waals surface area contributed by atoms with Crippen LogP contribution in [0.3, 0.4) is 0 Å². The van der Waals surface area contributed by atoms with Gasteiger partial charge in [0.25, 0.3) is 0 Å². The summed E-state index contributed by atoms with van der Waals surface area (Å²) >= 11 is 1.11. The number of hydrogen-bond donors (Lipinski definition) is 2. The number of thioether (sulfide) groups is 1. The Labute approximate surface area is 194 Å². The SMILES string of the molecule is Cc1c(-c2cc(-c3ccc4ccccc4c3)cc(-c3nnc(SCC(=O)O)[nH]3)c2)cnn1C. The van der Waals surface area contributed by atoms with E-state index in [1.54, 1.807) is 0 Å². The number of aliphatic carboxylic acids is 1. The summed E-state index contributed by atoms with van der Waals surface area (Å²) in [5.41, 5.74) is 6.14. The molecule has 0 saturated carbocycles. The molecule has 33 heavy (non-hydrogen) atoms. The normalized spacial score (nSPS) is 11.2. The number of aryl methyl sites for hydroxylation is 1. The second kappa shape index (κ2) is 8.55. The molecule has 0 spiro atoms. The van der Waals surface area contributed by atoms with Gasteiger partial charge in [-0.2, -0.15) is 5.10 Å². The number of aromatic amines is 1. The van der Waals surface area contributed by atoms with E-state index in [0.717, 1.165) is 45.3 Å². The second-order valence-electron chi connectivity index (χ2n) is 7.79. The highest BCUT2D eigenvalue weighted by atomic mass is 32.2. The third kappa shape index (κ3) is 4.25. The minimum absolute atomic E-state index is 0.0775. The second-order valence-corrected chi connectivity index (χ2v) is 8.75. The van der Waals surface area contributed by atoms with E-state index in [-0.39, 0.29) is 5.75 Å². The fraction of sp³-hybridized carbons (Fsp3) is 0.120. The Morgan fingerprint density at radius 1 is 0.970 bits per heavy atom. The topological polar surface area (TPSA) is 96.7 Å². The molecule has 3 aromatic carbocycles. The molecule has 0 atom stereocenters. The Bertz CT molecular complexity index is 1490. The van der Waals surface area contributed by atoms with E-state index in [9.17, 15) is 4.79 Å². The average molecular weight is 456 g/mol. The molecule has 2 heterocycles. The van der Waals surface area contributed by atoms with Crippen LogP contribution in [0.5, 0.6) is 0 Å². The minimum Gasteiger partial charge on any atom is -0.481 e. The predicted molar refractivity (Wildman–Crippen MR) is 130 cm³/mol. The molecule has 5 rings (SSSR count). The van der Waals surface area contributed by atoms with Gasteiger partial charge >= 0.3 is 5.97 Å². The number of nitrogens with one attached hydrogen (secondary N) is 1. The molecule has 0 aliphatic rings. The lowest BCUT2D eigenvalue weighted by atomic mass is 9.95. The molecule has 8 heteroatoms. The van der Waals surface area contributed by atoms with Crippen molar-refractivity contribution in [3.05, 3.63) is 72.6 Å². The number of rotatable bonds is 6. The van der Waals surface area contributed by atoms with E-state index >= 15 is 0 Å². The molecule has 5 aromatic rings. The number of carboxylic acid groups (broad SMARTS) is 1. The Hall–Kier alpha value is -3.91. The van der Waals surface area contributed by atoms with Crippen LogP contribution in [0.2, 0.25) is 0 Å². The molecule has 0 fully saturated rings. The zero-order valence-corrected chi connectivity index (χ0v) is 18.9. The third-order valence-electron chi connectivity index (χ3n) is 5.63. The Kier molecular flexibility index (Phi) is 5.43. The number of nitrogens with zero attached hydrogens (tertiary/aromatic N) is 4. The molecule has 2 aromatic heterocycles. The van der Waals surface area contributed by atoms with Crippen LogP contribution in [-0.4, -0.2) is 41.8 Å². The summed E-state index contributed by atoms with van der Waals surface area (Å²) in [5.74, 6) is -0.384. The first-order valence-corrected chi connectivity index (χ1v) is 11.4. The van der Waals surface area contributed by atoms with Crippen molar-refractivity contribution in [2.45, 2.75) is 12.1 Å². The van der Waals surface area contributed by atoms with Crippen LogP contribution in [0.15, 0.2) is 72.0 Å². The van der Waals surface area contributed by atoms with Crippen LogP contribution in [0, 0.1) is 6.92 Å². The number of H-pyrrole nitrogens is 1. The van der Waals surface area contributed by atoms with Crippen LogP contribution in [-0.2, 0) is 11.8 Å². The van der Waals surface area contributed by atoms with Crippen molar-refractivity contribution in [1.82, 2.24) is 25.0 Å². The van der Waals surface area contributed by atoms with Gasteiger partial charge in [0.1, 0.15) is 0 Å². The average Bonchev–Trinajstić information content (AvgIpc) is 3.44. The maximum Gasteiger partial charge on any atom is 0.313 e. The van der Waals surface area contributed by atoms with Gasteiger partial charge in [-0.1, -0.05) is 48.2 Å². The molecule has 2 N–H and O–H groups in total. The fourth-order valence-corrected chi connectivity index (χ4v) is 4.34. The van der Waals surface area contributed by atoms with Crippen LogP contribution in [0.25, 0.3) is 44.4 Å². The monoisotopic (exact) mass is 455 g/mol.